The van der Waals surface area contributed by atoms with Gasteiger partial charge in [0.1, 0.15) is 6.61 Å². The summed E-state index contributed by atoms with van der Waals surface area (Å²) in [6.07, 6.45) is -1.48. The first-order chi connectivity index (χ1) is 17.8. The van der Waals surface area contributed by atoms with Gasteiger partial charge in [-0.2, -0.15) is 0 Å². The summed E-state index contributed by atoms with van der Waals surface area (Å²) in [7, 11) is 6.16. The van der Waals surface area contributed by atoms with Gasteiger partial charge in [0.15, 0.2) is 17.6 Å². The third kappa shape index (κ3) is 4.24. The second-order valence-electron chi connectivity index (χ2n) is 9.55. The molecule has 0 amide bonds. The molecule has 0 spiro atoms. The highest BCUT2D eigenvalue weighted by atomic mass is 16.7. The predicted octanol–water partition coefficient (Wildman–Crippen LogP) is 2.26. The van der Waals surface area contributed by atoms with E-state index in [4.69, 9.17) is 19.2 Å². The molecule has 3 aliphatic heterocycles. The first-order valence-corrected chi connectivity index (χ1v) is 12.5. The molecule has 5 heterocycles. The Bertz CT molecular complexity index is 1450. The molecule has 10 heteroatoms. The number of likely N-dealkylation sites (N-methyl/N-ethyl adjacent to an activating group) is 2. The summed E-state index contributed by atoms with van der Waals surface area (Å²) in [5, 5.41) is 11.4. The highest BCUT2D eigenvalue weighted by molar-refractivity contribution is 5.91. The van der Waals surface area contributed by atoms with Crippen molar-refractivity contribution in [3.8, 4) is 22.9 Å². The van der Waals surface area contributed by atoms with E-state index in [2.05, 4.69) is 16.8 Å². The van der Waals surface area contributed by atoms with Gasteiger partial charge in [-0.15, -0.1) is 0 Å². The number of benzene rings is 1. The maximum Gasteiger partial charge on any atom is 0.340 e. The molecular weight excluding hydrogens is 476 g/mol. The molecule has 2 aromatic heterocycles. The molecule has 0 fully saturated rings. The fourth-order valence-corrected chi connectivity index (χ4v) is 5.00. The Morgan fingerprint density at radius 3 is 2.49 bits per heavy atom. The van der Waals surface area contributed by atoms with Crippen molar-refractivity contribution in [2.75, 3.05) is 41.0 Å². The number of carbonyl (C=O) groups excluding carboxylic acids is 1. The van der Waals surface area contributed by atoms with Gasteiger partial charge in [-0.25, -0.2) is 9.78 Å². The lowest BCUT2D eigenvalue weighted by molar-refractivity contribution is -0.157. The van der Waals surface area contributed by atoms with E-state index in [0.717, 1.165) is 35.1 Å². The predicted molar refractivity (Wildman–Crippen MR) is 138 cm³/mol. The molecule has 10 nitrogen and oxygen atoms in total. The van der Waals surface area contributed by atoms with Gasteiger partial charge in [0.25, 0.3) is 5.56 Å². The van der Waals surface area contributed by atoms with Gasteiger partial charge in [-0.3, -0.25) is 4.79 Å². The quantitative estimate of drug-likeness (QED) is 0.406. The highest BCUT2D eigenvalue weighted by Gasteiger charge is 2.35. The molecule has 37 heavy (non-hydrogen) atoms. The average molecular weight is 509 g/mol. The first-order valence-electron chi connectivity index (χ1n) is 12.5. The third-order valence-corrected chi connectivity index (χ3v) is 6.93. The minimum atomic E-state index is -1.48. The van der Waals surface area contributed by atoms with Crippen LogP contribution in [0.1, 0.15) is 42.2 Å². The molecule has 196 valence electrons. The van der Waals surface area contributed by atoms with Crippen LogP contribution in [0.2, 0.25) is 0 Å². The number of ether oxygens (including phenoxy) is 3. The third-order valence-electron chi connectivity index (χ3n) is 6.93. The van der Waals surface area contributed by atoms with Gasteiger partial charge in [0.2, 0.25) is 6.79 Å². The molecule has 0 radical (unpaired) electrons. The zero-order valence-corrected chi connectivity index (χ0v) is 21.8. The van der Waals surface area contributed by atoms with Crippen molar-refractivity contribution in [3.05, 3.63) is 50.8 Å². The van der Waals surface area contributed by atoms with E-state index in [9.17, 15) is 14.7 Å². The molecule has 0 saturated carbocycles. The number of hydrogen-bond acceptors (Lipinski definition) is 9. The smallest absolute Gasteiger partial charge is 0.340 e. The molecule has 1 unspecified atom stereocenters. The lowest BCUT2D eigenvalue weighted by atomic mass is 9.98. The number of aliphatic hydroxyl groups is 1. The summed E-state index contributed by atoms with van der Waals surface area (Å²) >= 11 is 0. The van der Waals surface area contributed by atoms with Crippen LogP contribution in [0, 0.1) is 0 Å². The van der Waals surface area contributed by atoms with Crippen molar-refractivity contribution in [3.63, 3.8) is 0 Å². The number of cyclic esters (lactones) is 1. The summed E-state index contributed by atoms with van der Waals surface area (Å²) < 4.78 is 17.9. The number of aliphatic hydroxyl groups excluding tert-OH is 1. The van der Waals surface area contributed by atoms with Gasteiger partial charge in [0.05, 0.1) is 29.0 Å². The lowest BCUT2D eigenvalue weighted by Gasteiger charge is -2.22. The maximum atomic E-state index is 13.4. The number of carbonyl (C=O) groups is 1. The largest absolute Gasteiger partial charge is 0.458 e. The van der Waals surface area contributed by atoms with Crippen LogP contribution in [0.4, 0.5) is 0 Å². The number of pyridine rings is 2. The SMILES string of the molecule is CC.CN(C)CCN(C)Cc1c2c(nc3cc4c(cc13)OCO4)-c1cc3c(c(=O)n1C2)COC(=O)C3O. The van der Waals surface area contributed by atoms with E-state index in [-0.39, 0.29) is 19.0 Å². The summed E-state index contributed by atoms with van der Waals surface area (Å²) in [5.74, 6) is 0.566. The number of hydrogen-bond donors (Lipinski definition) is 1. The van der Waals surface area contributed by atoms with E-state index >= 15 is 0 Å². The van der Waals surface area contributed by atoms with Crippen LogP contribution < -0.4 is 15.0 Å². The Hall–Kier alpha value is -3.47. The van der Waals surface area contributed by atoms with Crippen LogP contribution in [-0.4, -0.2) is 71.5 Å². The summed E-state index contributed by atoms with van der Waals surface area (Å²) in [5.41, 5.74) is 4.36. The molecule has 6 rings (SSSR count). The van der Waals surface area contributed by atoms with Crippen LogP contribution in [0.3, 0.4) is 0 Å². The van der Waals surface area contributed by atoms with E-state index in [1.807, 2.05) is 40.1 Å². The number of rotatable bonds is 5. The van der Waals surface area contributed by atoms with Gasteiger partial charge >= 0.3 is 5.97 Å². The van der Waals surface area contributed by atoms with Crippen LogP contribution >= 0.6 is 0 Å². The molecule has 3 aliphatic rings. The monoisotopic (exact) mass is 508 g/mol. The second-order valence-corrected chi connectivity index (χ2v) is 9.55. The Morgan fingerprint density at radius 1 is 1.03 bits per heavy atom. The van der Waals surface area contributed by atoms with Gasteiger partial charge in [-0.05, 0) is 38.8 Å². The summed E-state index contributed by atoms with van der Waals surface area (Å²) in [6, 6.07) is 5.54. The summed E-state index contributed by atoms with van der Waals surface area (Å²) in [6.45, 7) is 6.81. The van der Waals surface area contributed by atoms with Crippen LogP contribution in [-0.2, 0) is 29.2 Å². The lowest BCUT2D eigenvalue weighted by Crippen LogP contribution is -2.32. The van der Waals surface area contributed by atoms with E-state index in [1.165, 1.54) is 0 Å². The molecule has 0 bridgehead atoms. The van der Waals surface area contributed by atoms with Gasteiger partial charge in [-0.1, -0.05) is 13.8 Å². The molecular formula is C27H32N4O6. The number of esters is 1. The molecule has 0 aliphatic carbocycles. The highest BCUT2D eigenvalue weighted by Crippen LogP contribution is 2.42. The Kier molecular flexibility index (Phi) is 6.65. The minimum absolute atomic E-state index is 0.141. The van der Waals surface area contributed by atoms with E-state index < -0.39 is 12.1 Å². The number of nitrogens with zero attached hydrogens (tertiary/aromatic N) is 4. The molecule has 0 saturated heterocycles. The van der Waals surface area contributed by atoms with Crippen molar-refractivity contribution in [1.82, 2.24) is 19.4 Å². The van der Waals surface area contributed by atoms with Gasteiger partial charge < -0.3 is 33.7 Å². The van der Waals surface area contributed by atoms with Crippen molar-refractivity contribution in [2.24, 2.45) is 0 Å². The molecule has 1 aromatic carbocycles. The maximum absolute atomic E-state index is 13.4. The van der Waals surface area contributed by atoms with Gasteiger partial charge in [0, 0.05) is 42.2 Å². The standard InChI is InChI=1S/C25H26N4O6.C2H6/c1-27(2)4-5-28(3)9-15-13-7-20-21(35-12-34-20)8-18(13)26-22-16(15)10-29-19(22)6-14-17(24(29)31)11-33-25(32)23(14)30;1-2/h6-8,23,30H,4-5,9-12H2,1-3H3;1-2H3. The summed E-state index contributed by atoms with van der Waals surface area (Å²) in [4.78, 5) is 34.6. The van der Waals surface area contributed by atoms with E-state index in [1.54, 1.807) is 10.6 Å². The Labute approximate surface area is 215 Å². The zero-order valence-electron chi connectivity index (χ0n) is 21.8. The Morgan fingerprint density at radius 2 is 1.76 bits per heavy atom. The normalized spacial score (nSPS) is 16.9. The number of aromatic nitrogens is 2. The fraction of sp³-hybridized carbons (Fsp3) is 0.444. The van der Waals surface area contributed by atoms with Crippen molar-refractivity contribution in [1.29, 1.82) is 0 Å². The van der Waals surface area contributed by atoms with Crippen LogP contribution in [0.5, 0.6) is 11.5 Å². The first kappa shape index (κ1) is 25.2. The average Bonchev–Trinajstić information content (AvgIpc) is 3.50. The van der Waals surface area contributed by atoms with Crippen LogP contribution in [0.25, 0.3) is 22.3 Å². The van der Waals surface area contributed by atoms with Crippen LogP contribution in [0.15, 0.2) is 23.0 Å². The Balaban J connectivity index is 0.00000137. The van der Waals surface area contributed by atoms with Crippen molar-refractivity contribution in [2.45, 2.75) is 39.6 Å². The minimum Gasteiger partial charge on any atom is -0.458 e. The molecule has 3 aromatic rings. The zero-order chi connectivity index (χ0) is 26.4. The van der Waals surface area contributed by atoms with Crippen molar-refractivity contribution < 1.29 is 24.1 Å². The number of fused-ring (bicyclic) bond motifs is 6. The topological polar surface area (TPSA) is 106 Å². The molecule has 1 N–H and O–H groups in total. The van der Waals surface area contributed by atoms with Crippen molar-refractivity contribution >= 4 is 16.9 Å². The fourth-order valence-electron chi connectivity index (χ4n) is 5.00. The van der Waals surface area contributed by atoms with E-state index in [0.29, 0.717) is 47.1 Å². The second kappa shape index (κ2) is 9.77. The molecule has 1 atom stereocenters.